The van der Waals surface area contributed by atoms with Gasteiger partial charge in [0.1, 0.15) is 6.61 Å². The van der Waals surface area contributed by atoms with Gasteiger partial charge in [-0.05, 0) is 6.07 Å². The standard InChI is InChI=1S/C10H9FN2O4/c1-2-3-17-10(16)13-8-7(11)4-6(5-12-8)9(14)15/h2,4-5H,1,3H2,(H,14,15)(H,12,13,16). The van der Waals surface area contributed by atoms with E-state index in [2.05, 4.69) is 16.3 Å². The van der Waals surface area contributed by atoms with E-state index in [0.717, 1.165) is 12.3 Å². The number of pyridine rings is 1. The molecule has 0 atom stereocenters. The molecule has 1 amide bonds. The molecule has 2 N–H and O–H groups in total. The van der Waals surface area contributed by atoms with Crippen LogP contribution >= 0.6 is 0 Å². The highest BCUT2D eigenvalue weighted by atomic mass is 19.1. The summed E-state index contributed by atoms with van der Waals surface area (Å²) >= 11 is 0. The number of aromatic carboxylic acids is 1. The zero-order valence-corrected chi connectivity index (χ0v) is 8.64. The number of nitrogens with one attached hydrogen (secondary N) is 1. The molecule has 1 heterocycles. The second-order valence-corrected chi connectivity index (χ2v) is 2.87. The summed E-state index contributed by atoms with van der Waals surface area (Å²) < 4.78 is 17.8. The lowest BCUT2D eigenvalue weighted by Crippen LogP contribution is -2.16. The summed E-state index contributed by atoms with van der Waals surface area (Å²) in [6.45, 7) is 3.30. The molecular formula is C10H9FN2O4. The molecule has 0 saturated heterocycles. The fraction of sp³-hybridized carbons (Fsp3) is 0.100. The normalized spacial score (nSPS) is 9.47. The molecule has 0 radical (unpaired) electrons. The lowest BCUT2D eigenvalue weighted by atomic mass is 10.3. The Balaban J connectivity index is 2.75. The number of halogens is 1. The summed E-state index contributed by atoms with van der Waals surface area (Å²) in [6.07, 6.45) is 1.37. The van der Waals surface area contributed by atoms with Crippen LogP contribution in [0.1, 0.15) is 10.4 Å². The van der Waals surface area contributed by atoms with Gasteiger partial charge in [-0.1, -0.05) is 12.7 Å². The maximum absolute atomic E-state index is 13.3. The Morgan fingerprint density at radius 2 is 2.35 bits per heavy atom. The molecular weight excluding hydrogens is 231 g/mol. The van der Waals surface area contributed by atoms with Crippen molar-refractivity contribution in [1.82, 2.24) is 4.98 Å². The number of ether oxygens (including phenoxy) is 1. The van der Waals surface area contributed by atoms with Gasteiger partial charge in [0.15, 0.2) is 11.6 Å². The molecule has 0 aromatic carbocycles. The second kappa shape index (κ2) is 5.59. The molecule has 0 spiro atoms. The van der Waals surface area contributed by atoms with Crippen LogP contribution in [0.25, 0.3) is 0 Å². The predicted octanol–water partition coefficient (Wildman–Crippen LogP) is 1.65. The molecule has 0 aliphatic heterocycles. The molecule has 1 aromatic heterocycles. The first-order valence-corrected chi connectivity index (χ1v) is 4.48. The molecule has 0 saturated carbocycles. The van der Waals surface area contributed by atoms with Crippen molar-refractivity contribution in [3.05, 3.63) is 36.3 Å². The molecule has 7 heteroatoms. The van der Waals surface area contributed by atoms with Crippen LogP contribution in [0, 0.1) is 5.82 Å². The van der Waals surface area contributed by atoms with Crippen molar-refractivity contribution in [3.63, 3.8) is 0 Å². The van der Waals surface area contributed by atoms with Gasteiger partial charge in [-0.2, -0.15) is 0 Å². The maximum Gasteiger partial charge on any atom is 0.413 e. The Morgan fingerprint density at radius 1 is 1.65 bits per heavy atom. The second-order valence-electron chi connectivity index (χ2n) is 2.87. The molecule has 17 heavy (non-hydrogen) atoms. The Hall–Kier alpha value is -2.44. The van der Waals surface area contributed by atoms with E-state index >= 15 is 0 Å². The Labute approximate surface area is 95.7 Å². The summed E-state index contributed by atoms with van der Waals surface area (Å²) in [5.74, 6) is -2.67. The molecule has 0 unspecified atom stereocenters. The zero-order valence-electron chi connectivity index (χ0n) is 8.64. The van der Waals surface area contributed by atoms with Gasteiger partial charge in [0, 0.05) is 6.20 Å². The summed E-state index contributed by atoms with van der Waals surface area (Å²) in [7, 11) is 0. The third-order valence-corrected chi connectivity index (χ3v) is 1.64. The van der Waals surface area contributed by atoms with Crippen molar-refractivity contribution < 1.29 is 23.8 Å². The van der Waals surface area contributed by atoms with Gasteiger partial charge in [0.2, 0.25) is 0 Å². The van der Waals surface area contributed by atoms with Crippen molar-refractivity contribution in [2.45, 2.75) is 0 Å². The van der Waals surface area contributed by atoms with E-state index < -0.39 is 23.7 Å². The summed E-state index contributed by atoms with van der Waals surface area (Å²) in [6, 6.07) is 0.748. The number of rotatable bonds is 4. The molecule has 0 aliphatic carbocycles. The average molecular weight is 240 g/mol. The minimum absolute atomic E-state index is 0.0271. The Morgan fingerprint density at radius 3 is 2.88 bits per heavy atom. The predicted molar refractivity (Wildman–Crippen MR) is 56.3 cm³/mol. The smallest absolute Gasteiger partial charge is 0.413 e. The number of aromatic nitrogens is 1. The van der Waals surface area contributed by atoms with Gasteiger partial charge < -0.3 is 9.84 Å². The number of hydrogen-bond acceptors (Lipinski definition) is 4. The Kier molecular flexibility index (Phi) is 4.15. The van der Waals surface area contributed by atoms with Crippen molar-refractivity contribution in [3.8, 4) is 0 Å². The van der Waals surface area contributed by atoms with E-state index in [0.29, 0.717) is 0 Å². The number of hydrogen-bond donors (Lipinski definition) is 2. The Bertz CT molecular complexity index is 462. The number of nitrogens with zero attached hydrogens (tertiary/aromatic N) is 1. The first kappa shape index (κ1) is 12.6. The van der Waals surface area contributed by atoms with E-state index in [4.69, 9.17) is 5.11 Å². The minimum atomic E-state index is -1.31. The van der Waals surface area contributed by atoms with E-state index in [1.54, 1.807) is 0 Å². The highest BCUT2D eigenvalue weighted by Gasteiger charge is 2.12. The average Bonchev–Trinajstić information content (AvgIpc) is 2.28. The van der Waals surface area contributed by atoms with Crippen LogP contribution < -0.4 is 5.32 Å². The van der Waals surface area contributed by atoms with Crippen LogP contribution in [0.15, 0.2) is 24.9 Å². The van der Waals surface area contributed by atoms with Crippen LogP contribution in [-0.2, 0) is 4.74 Å². The van der Waals surface area contributed by atoms with Crippen LogP contribution in [0.5, 0.6) is 0 Å². The number of carbonyl (C=O) groups excluding carboxylic acids is 1. The van der Waals surface area contributed by atoms with Crippen LogP contribution in [0.2, 0.25) is 0 Å². The monoisotopic (exact) mass is 240 g/mol. The molecule has 0 fully saturated rings. The number of anilines is 1. The van der Waals surface area contributed by atoms with Crippen LogP contribution in [0.4, 0.5) is 15.0 Å². The van der Waals surface area contributed by atoms with Crippen molar-refractivity contribution in [2.24, 2.45) is 0 Å². The maximum atomic E-state index is 13.3. The summed E-state index contributed by atoms with van der Waals surface area (Å²) in [5, 5.41) is 10.6. The van der Waals surface area contributed by atoms with E-state index in [1.165, 1.54) is 6.08 Å². The number of carboxylic acid groups (broad SMARTS) is 1. The summed E-state index contributed by atoms with van der Waals surface area (Å²) in [4.78, 5) is 25.0. The molecule has 0 aliphatic rings. The molecule has 0 bridgehead atoms. The lowest BCUT2D eigenvalue weighted by Gasteiger charge is -2.05. The van der Waals surface area contributed by atoms with Crippen LogP contribution in [0.3, 0.4) is 0 Å². The topological polar surface area (TPSA) is 88.5 Å². The first-order valence-electron chi connectivity index (χ1n) is 4.48. The molecule has 1 rings (SSSR count). The van der Waals surface area contributed by atoms with Gasteiger partial charge in [-0.15, -0.1) is 0 Å². The van der Waals surface area contributed by atoms with Gasteiger partial charge in [-0.25, -0.2) is 19.0 Å². The highest BCUT2D eigenvalue weighted by molar-refractivity contribution is 5.88. The van der Waals surface area contributed by atoms with Crippen molar-refractivity contribution >= 4 is 17.9 Å². The van der Waals surface area contributed by atoms with Gasteiger partial charge in [-0.3, -0.25) is 5.32 Å². The third kappa shape index (κ3) is 3.56. The van der Waals surface area contributed by atoms with E-state index in [-0.39, 0.29) is 12.2 Å². The van der Waals surface area contributed by atoms with Gasteiger partial charge in [0.05, 0.1) is 5.56 Å². The highest BCUT2D eigenvalue weighted by Crippen LogP contribution is 2.12. The quantitative estimate of drug-likeness (QED) is 0.781. The summed E-state index contributed by atoms with van der Waals surface area (Å²) in [5.41, 5.74) is -0.312. The fourth-order valence-corrected chi connectivity index (χ4v) is 0.914. The van der Waals surface area contributed by atoms with Crippen LogP contribution in [-0.4, -0.2) is 28.8 Å². The SMILES string of the molecule is C=CCOC(=O)Nc1ncc(C(=O)O)cc1F. The number of carbonyl (C=O) groups is 2. The van der Waals surface area contributed by atoms with E-state index in [1.807, 2.05) is 5.32 Å². The zero-order chi connectivity index (χ0) is 12.8. The lowest BCUT2D eigenvalue weighted by molar-refractivity contribution is 0.0696. The third-order valence-electron chi connectivity index (χ3n) is 1.64. The van der Waals surface area contributed by atoms with E-state index in [9.17, 15) is 14.0 Å². The molecule has 90 valence electrons. The first-order chi connectivity index (χ1) is 8.04. The molecule has 1 aromatic rings. The van der Waals surface area contributed by atoms with Crippen molar-refractivity contribution in [2.75, 3.05) is 11.9 Å². The molecule has 6 nitrogen and oxygen atoms in total. The fourth-order valence-electron chi connectivity index (χ4n) is 0.914. The number of amides is 1. The van der Waals surface area contributed by atoms with Gasteiger partial charge >= 0.3 is 12.1 Å². The largest absolute Gasteiger partial charge is 0.478 e. The minimum Gasteiger partial charge on any atom is -0.478 e. The number of carboxylic acids is 1. The van der Waals surface area contributed by atoms with Crippen molar-refractivity contribution in [1.29, 1.82) is 0 Å². The van der Waals surface area contributed by atoms with Gasteiger partial charge in [0.25, 0.3) is 0 Å².